The second kappa shape index (κ2) is 3.43. The first-order valence-electron chi connectivity index (χ1n) is 3.50. The van der Waals surface area contributed by atoms with Crippen LogP contribution in [0.1, 0.15) is 17.6 Å². The van der Waals surface area contributed by atoms with Gasteiger partial charge in [0, 0.05) is 0 Å². The Morgan fingerprint density at radius 3 is 2.07 bits per heavy atom. The smallest absolute Gasteiger partial charge is 0.416 e. The lowest BCUT2D eigenvalue weighted by Crippen LogP contribution is -2.04. The summed E-state index contributed by atoms with van der Waals surface area (Å²) in [5, 5.41) is 8.85. The summed E-state index contributed by atoms with van der Waals surface area (Å²) in [7, 11) is 0. The van der Waals surface area contributed by atoms with Gasteiger partial charge in [-0.15, -0.1) is 0 Å². The average molecular weight is 212 g/mol. The molecule has 1 rings (SSSR count). The highest BCUT2D eigenvalue weighted by Crippen LogP contribution is 2.35. The Kier molecular flexibility index (Phi) is 2.64. The van der Waals surface area contributed by atoms with Crippen molar-refractivity contribution in [1.82, 2.24) is 0 Å². The summed E-state index contributed by atoms with van der Waals surface area (Å²) in [6.07, 6.45) is -7.63. The Balaban J connectivity index is 3.13. The highest BCUT2D eigenvalue weighted by Gasteiger charge is 2.31. The van der Waals surface area contributed by atoms with Gasteiger partial charge in [0.25, 0.3) is 6.43 Å². The molecule has 0 bridgehead atoms. The minimum atomic E-state index is -4.64. The number of phenolic OH excluding ortho intramolecular Hbond substituents is 1. The molecule has 14 heavy (non-hydrogen) atoms. The second-order valence-electron chi connectivity index (χ2n) is 2.57. The Labute approximate surface area is 75.8 Å². The molecular weight excluding hydrogens is 207 g/mol. The molecule has 1 N–H and O–H groups in total. The van der Waals surface area contributed by atoms with E-state index in [9.17, 15) is 22.0 Å². The highest BCUT2D eigenvalue weighted by molar-refractivity contribution is 5.38. The van der Waals surface area contributed by atoms with Gasteiger partial charge in [-0.2, -0.15) is 13.2 Å². The fourth-order valence-electron chi connectivity index (χ4n) is 0.905. The van der Waals surface area contributed by atoms with Gasteiger partial charge in [-0.1, -0.05) is 0 Å². The van der Waals surface area contributed by atoms with Gasteiger partial charge in [-0.05, 0) is 18.2 Å². The number of halogens is 5. The molecule has 0 aliphatic rings. The van der Waals surface area contributed by atoms with E-state index in [1.165, 1.54) is 0 Å². The van der Waals surface area contributed by atoms with Crippen LogP contribution in [0.5, 0.6) is 5.75 Å². The van der Waals surface area contributed by atoms with Crippen molar-refractivity contribution in [3.8, 4) is 5.75 Å². The zero-order chi connectivity index (χ0) is 10.9. The maximum absolute atomic E-state index is 12.0. The summed E-state index contributed by atoms with van der Waals surface area (Å²) in [5.41, 5.74) is -1.96. The van der Waals surface area contributed by atoms with Crippen LogP contribution in [0.2, 0.25) is 0 Å². The molecule has 0 atom stereocenters. The van der Waals surface area contributed by atoms with Gasteiger partial charge in [-0.3, -0.25) is 0 Å². The molecule has 0 spiro atoms. The number of benzene rings is 1. The van der Waals surface area contributed by atoms with Crippen molar-refractivity contribution in [2.24, 2.45) is 0 Å². The van der Waals surface area contributed by atoms with Crippen LogP contribution < -0.4 is 0 Å². The minimum absolute atomic E-state index is 0.279. The molecule has 0 aliphatic heterocycles. The lowest BCUT2D eigenvalue weighted by atomic mass is 10.1. The second-order valence-corrected chi connectivity index (χ2v) is 2.57. The Hall–Kier alpha value is -1.33. The summed E-state index contributed by atoms with van der Waals surface area (Å²) in [6.45, 7) is 0. The molecule has 0 aliphatic carbocycles. The monoisotopic (exact) mass is 212 g/mol. The molecule has 0 aromatic heterocycles. The zero-order valence-electron chi connectivity index (χ0n) is 6.65. The van der Waals surface area contributed by atoms with E-state index in [2.05, 4.69) is 0 Å². The lowest BCUT2D eigenvalue weighted by Gasteiger charge is -2.09. The van der Waals surface area contributed by atoms with Gasteiger partial charge in [0.1, 0.15) is 5.75 Å². The predicted octanol–water partition coefficient (Wildman–Crippen LogP) is 3.35. The predicted molar refractivity (Wildman–Crippen MR) is 38.1 cm³/mol. The number of alkyl halides is 5. The number of hydrogen-bond donors (Lipinski definition) is 1. The quantitative estimate of drug-likeness (QED) is 0.707. The average Bonchev–Trinajstić information content (AvgIpc) is 2.01. The Bertz CT molecular complexity index is 331. The molecule has 0 saturated heterocycles. The largest absolute Gasteiger partial charge is 0.507 e. The number of phenols is 1. The Morgan fingerprint density at radius 2 is 1.71 bits per heavy atom. The van der Waals surface area contributed by atoms with E-state index in [-0.39, 0.29) is 6.07 Å². The lowest BCUT2D eigenvalue weighted by molar-refractivity contribution is -0.137. The van der Waals surface area contributed by atoms with Crippen molar-refractivity contribution in [3.05, 3.63) is 29.3 Å². The van der Waals surface area contributed by atoms with Crippen molar-refractivity contribution in [2.75, 3.05) is 0 Å². The van der Waals surface area contributed by atoms with Crippen LogP contribution in [0.3, 0.4) is 0 Å². The zero-order valence-corrected chi connectivity index (χ0v) is 6.65. The van der Waals surface area contributed by atoms with Crippen molar-refractivity contribution in [1.29, 1.82) is 0 Å². The van der Waals surface area contributed by atoms with Gasteiger partial charge in [0.15, 0.2) is 0 Å². The first-order chi connectivity index (χ1) is 6.32. The molecule has 0 amide bonds. The number of aromatic hydroxyl groups is 1. The molecule has 0 saturated carbocycles. The van der Waals surface area contributed by atoms with Crippen LogP contribution in [0.4, 0.5) is 22.0 Å². The van der Waals surface area contributed by atoms with Gasteiger partial charge in [0.2, 0.25) is 0 Å². The Morgan fingerprint density at radius 1 is 1.14 bits per heavy atom. The third kappa shape index (κ3) is 2.12. The van der Waals surface area contributed by atoms with Gasteiger partial charge in [0.05, 0.1) is 11.1 Å². The summed E-state index contributed by atoms with van der Waals surface area (Å²) in [4.78, 5) is 0. The van der Waals surface area contributed by atoms with Gasteiger partial charge >= 0.3 is 6.18 Å². The van der Waals surface area contributed by atoms with Crippen molar-refractivity contribution in [2.45, 2.75) is 12.6 Å². The minimum Gasteiger partial charge on any atom is -0.507 e. The van der Waals surface area contributed by atoms with Crippen LogP contribution >= 0.6 is 0 Å². The fourth-order valence-corrected chi connectivity index (χ4v) is 0.905. The summed E-state index contributed by atoms with van der Waals surface area (Å²) in [5.74, 6) is -1.05. The van der Waals surface area contributed by atoms with E-state index < -0.39 is 29.5 Å². The fraction of sp³-hybridized carbons (Fsp3) is 0.250. The molecule has 6 heteroatoms. The highest BCUT2D eigenvalue weighted by atomic mass is 19.4. The van der Waals surface area contributed by atoms with E-state index in [0.717, 1.165) is 0 Å². The first kappa shape index (κ1) is 10.7. The van der Waals surface area contributed by atoms with E-state index >= 15 is 0 Å². The summed E-state index contributed by atoms with van der Waals surface area (Å²) < 4.78 is 60.0. The first-order valence-corrected chi connectivity index (χ1v) is 3.50. The van der Waals surface area contributed by atoms with E-state index in [1.54, 1.807) is 0 Å². The molecule has 0 radical (unpaired) electrons. The van der Waals surface area contributed by atoms with Crippen LogP contribution in [0.25, 0.3) is 0 Å². The summed E-state index contributed by atoms with van der Waals surface area (Å²) >= 11 is 0. The van der Waals surface area contributed by atoms with Crippen molar-refractivity contribution >= 4 is 0 Å². The molecule has 0 fully saturated rings. The number of rotatable bonds is 1. The van der Waals surface area contributed by atoms with E-state index in [4.69, 9.17) is 5.11 Å². The summed E-state index contributed by atoms with van der Waals surface area (Å²) in [6, 6.07) is 1.34. The normalized spacial score (nSPS) is 12.1. The maximum atomic E-state index is 12.0. The third-order valence-electron chi connectivity index (χ3n) is 1.59. The SMILES string of the molecule is Oc1cc(C(F)(F)F)ccc1C(F)F. The van der Waals surface area contributed by atoms with E-state index in [0.29, 0.717) is 12.1 Å². The maximum Gasteiger partial charge on any atom is 0.416 e. The molecule has 1 aromatic rings. The van der Waals surface area contributed by atoms with Crippen molar-refractivity contribution in [3.63, 3.8) is 0 Å². The topological polar surface area (TPSA) is 20.2 Å². The van der Waals surface area contributed by atoms with Gasteiger partial charge < -0.3 is 5.11 Å². The molecule has 78 valence electrons. The van der Waals surface area contributed by atoms with Crippen LogP contribution in [0.15, 0.2) is 18.2 Å². The van der Waals surface area contributed by atoms with Crippen LogP contribution in [-0.4, -0.2) is 5.11 Å². The molecular formula is C8H5F5O. The molecule has 1 nitrogen and oxygen atoms in total. The van der Waals surface area contributed by atoms with Crippen LogP contribution in [0, 0.1) is 0 Å². The van der Waals surface area contributed by atoms with Gasteiger partial charge in [-0.25, -0.2) is 8.78 Å². The van der Waals surface area contributed by atoms with Crippen molar-refractivity contribution < 1.29 is 27.1 Å². The molecule has 0 unspecified atom stereocenters. The molecule has 1 aromatic carbocycles. The van der Waals surface area contributed by atoms with E-state index in [1.807, 2.05) is 0 Å². The third-order valence-corrected chi connectivity index (χ3v) is 1.59. The molecule has 0 heterocycles. The standard InChI is InChI=1S/C8H5F5O/c9-7(10)5-2-1-4(3-6(5)14)8(11,12)13/h1-3,7,14H. The van der Waals surface area contributed by atoms with Crippen LogP contribution in [-0.2, 0) is 6.18 Å². The number of hydrogen-bond acceptors (Lipinski definition) is 1.